The summed E-state index contributed by atoms with van der Waals surface area (Å²) in [5, 5.41) is 17.1. The molecule has 1 fully saturated rings. The van der Waals surface area contributed by atoms with Gasteiger partial charge in [0.1, 0.15) is 0 Å². The zero-order chi connectivity index (χ0) is 12.5. The summed E-state index contributed by atoms with van der Waals surface area (Å²) in [6.07, 6.45) is 3.54. The molecule has 0 saturated carbocycles. The highest BCUT2D eigenvalue weighted by Crippen LogP contribution is 2.30. The predicted octanol–water partition coefficient (Wildman–Crippen LogP) is 0.502. The number of aliphatic carboxylic acids is 1. The Morgan fingerprint density at radius 3 is 3.00 bits per heavy atom. The minimum atomic E-state index is -0.707. The lowest BCUT2D eigenvalue weighted by atomic mass is 9.82. The Bertz CT molecular complexity index is 417. The van der Waals surface area contributed by atoms with E-state index in [9.17, 15) is 9.90 Å². The molecule has 1 aromatic rings. The number of carboxylic acid groups (broad SMARTS) is 1. The molecule has 0 bridgehead atoms. The van der Waals surface area contributed by atoms with E-state index in [0.29, 0.717) is 13.1 Å². The largest absolute Gasteiger partial charge is 0.481 e. The van der Waals surface area contributed by atoms with Crippen molar-refractivity contribution >= 4 is 5.97 Å². The Labute approximate surface area is 100 Å². The van der Waals surface area contributed by atoms with Crippen molar-refractivity contribution in [2.75, 3.05) is 13.1 Å². The lowest BCUT2D eigenvalue weighted by Gasteiger charge is -2.37. The van der Waals surface area contributed by atoms with Crippen LogP contribution in [-0.4, -0.2) is 44.1 Å². The molecule has 1 aromatic heterocycles. The van der Waals surface area contributed by atoms with Crippen molar-refractivity contribution < 1.29 is 9.90 Å². The zero-order valence-corrected chi connectivity index (χ0v) is 10.3. The first-order valence-corrected chi connectivity index (χ1v) is 5.80. The normalized spacial score (nSPS) is 26.0. The van der Waals surface area contributed by atoms with Gasteiger partial charge in [-0.05, 0) is 26.3 Å². The Hall–Kier alpha value is -1.43. The van der Waals surface area contributed by atoms with E-state index in [1.165, 1.54) is 0 Å². The number of nitrogens with zero attached hydrogens (tertiary/aromatic N) is 4. The van der Waals surface area contributed by atoms with E-state index in [2.05, 4.69) is 15.2 Å². The van der Waals surface area contributed by atoms with Crippen LogP contribution in [0.4, 0.5) is 0 Å². The van der Waals surface area contributed by atoms with Gasteiger partial charge in [-0.15, -0.1) is 5.10 Å². The van der Waals surface area contributed by atoms with Gasteiger partial charge in [0.15, 0.2) is 0 Å². The van der Waals surface area contributed by atoms with Crippen LogP contribution in [0.15, 0.2) is 6.20 Å². The number of piperidine rings is 1. The van der Waals surface area contributed by atoms with Gasteiger partial charge in [0.2, 0.25) is 0 Å². The van der Waals surface area contributed by atoms with Crippen LogP contribution < -0.4 is 0 Å². The lowest BCUT2D eigenvalue weighted by Crippen LogP contribution is -2.45. The summed E-state index contributed by atoms with van der Waals surface area (Å²) >= 11 is 0. The Kier molecular flexibility index (Phi) is 3.15. The first-order chi connectivity index (χ1) is 7.99. The molecule has 6 nitrogen and oxygen atoms in total. The maximum absolute atomic E-state index is 11.2. The van der Waals surface area contributed by atoms with Gasteiger partial charge in [-0.25, -0.2) is 0 Å². The van der Waals surface area contributed by atoms with Crippen LogP contribution in [0.25, 0.3) is 0 Å². The van der Waals surface area contributed by atoms with Gasteiger partial charge < -0.3 is 5.11 Å². The molecule has 0 aromatic carbocycles. The molecule has 1 aliphatic heterocycles. The molecule has 0 radical (unpaired) electrons. The monoisotopic (exact) mass is 238 g/mol. The number of hydrogen-bond acceptors (Lipinski definition) is 4. The van der Waals surface area contributed by atoms with Gasteiger partial charge in [0.25, 0.3) is 0 Å². The molecule has 0 spiro atoms. The molecular weight excluding hydrogens is 220 g/mol. The van der Waals surface area contributed by atoms with Gasteiger partial charge in [-0.2, -0.15) is 0 Å². The van der Waals surface area contributed by atoms with Gasteiger partial charge in [-0.1, -0.05) is 5.21 Å². The third-order valence-electron chi connectivity index (χ3n) is 3.33. The number of likely N-dealkylation sites (tertiary alicyclic amines) is 1. The molecule has 94 valence electrons. The second kappa shape index (κ2) is 4.44. The fourth-order valence-electron chi connectivity index (χ4n) is 2.35. The highest BCUT2D eigenvalue weighted by atomic mass is 16.4. The number of aromatic nitrogens is 3. The zero-order valence-electron chi connectivity index (χ0n) is 10.3. The summed E-state index contributed by atoms with van der Waals surface area (Å²) in [6, 6.07) is 0. The molecule has 1 N–H and O–H groups in total. The van der Waals surface area contributed by atoms with Crippen molar-refractivity contribution in [1.82, 2.24) is 19.9 Å². The summed E-state index contributed by atoms with van der Waals surface area (Å²) in [5.41, 5.74) is 0.266. The summed E-state index contributed by atoms with van der Waals surface area (Å²) in [5.74, 6) is -0.707. The van der Waals surface area contributed by atoms with Crippen LogP contribution in [0.1, 0.15) is 25.5 Å². The average molecular weight is 238 g/mol. The van der Waals surface area contributed by atoms with Gasteiger partial charge in [0, 0.05) is 26.3 Å². The second-order valence-corrected chi connectivity index (χ2v) is 5.06. The summed E-state index contributed by atoms with van der Waals surface area (Å²) in [6.45, 7) is 4.01. The van der Waals surface area contributed by atoms with E-state index < -0.39 is 11.4 Å². The third-order valence-corrected chi connectivity index (χ3v) is 3.33. The number of carboxylic acids is 1. The number of rotatable bonds is 3. The Morgan fingerprint density at radius 1 is 1.65 bits per heavy atom. The highest BCUT2D eigenvalue weighted by molar-refractivity contribution is 5.74. The van der Waals surface area contributed by atoms with Crippen LogP contribution in [0.2, 0.25) is 0 Å². The molecule has 1 aliphatic rings. The highest BCUT2D eigenvalue weighted by Gasteiger charge is 2.37. The van der Waals surface area contributed by atoms with Crippen molar-refractivity contribution in [2.24, 2.45) is 12.5 Å². The van der Waals surface area contributed by atoms with Crippen molar-refractivity contribution in [3.05, 3.63) is 11.9 Å². The SMILES string of the molecule is Cn1cc(CN2CCCC(C)(C(=O)O)C2)nn1. The molecule has 0 amide bonds. The number of hydrogen-bond donors (Lipinski definition) is 1. The van der Waals surface area contributed by atoms with Crippen molar-refractivity contribution in [3.8, 4) is 0 Å². The van der Waals surface area contributed by atoms with Crippen molar-refractivity contribution in [3.63, 3.8) is 0 Å². The lowest BCUT2D eigenvalue weighted by molar-refractivity contribution is -0.151. The quantitative estimate of drug-likeness (QED) is 0.830. The average Bonchev–Trinajstić information content (AvgIpc) is 2.64. The van der Waals surface area contributed by atoms with Gasteiger partial charge >= 0.3 is 5.97 Å². The predicted molar refractivity (Wildman–Crippen MR) is 61.3 cm³/mol. The molecule has 0 aliphatic carbocycles. The molecule has 1 saturated heterocycles. The summed E-state index contributed by atoms with van der Waals surface area (Å²) < 4.78 is 1.66. The van der Waals surface area contributed by atoms with E-state index in [0.717, 1.165) is 25.1 Å². The number of aryl methyl sites for hydroxylation is 1. The Balaban J connectivity index is 2.00. The van der Waals surface area contributed by atoms with Gasteiger partial charge in [-0.3, -0.25) is 14.4 Å². The van der Waals surface area contributed by atoms with E-state index >= 15 is 0 Å². The van der Waals surface area contributed by atoms with Crippen LogP contribution in [0.3, 0.4) is 0 Å². The van der Waals surface area contributed by atoms with E-state index in [1.807, 2.05) is 20.2 Å². The fourth-order valence-corrected chi connectivity index (χ4v) is 2.35. The molecule has 6 heteroatoms. The summed E-state index contributed by atoms with van der Waals surface area (Å²) in [4.78, 5) is 13.4. The summed E-state index contributed by atoms with van der Waals surface area (Å²) in [7, 11) is 1.83. The molecule has 1 unspecified atom stereocenters. The van der Waals surface area contributed by atoms with Crippen LogP contribution in [-0.2, 0) is 18.4 Å². The maximum atomic E-state index is 11.2. The van der Waals surface area contributed by atoms with Crippen molar-refractivity contribution in [2.45, 2.75) is 26.3 Å². The van der Waals surface area contributed by atoms with Gasteiger partial charge in [0.05, 0.1) is 11.1 Å². The maximum Gasteiger partial charge on any atom is 0.310 e. The number of carbonyl (C=O) groups is 1. The van der Waals surface area contributed by atoms with Crippen molar-refractivity contribution in [1.29, 1.82) is 0 Å². The minimum Gasteiger partial charge on any atom is -0.481 e. The van der Waals surface area contributed by atoms with E-state index in [1.54, 1.807) is 4.68 Å². The smallest absolute Gasteiger partial charge is 0.310 e. The standard InChI is InChI=1S/C11H18N4O2/c1-11(10(16)17)4-3-5-15(8-11)7-9-6-14(2)13-12-9/h6H,3-5,7-8H2,1-2H3,(H,16,17). The van der Waals surface area contributed by atoms with Crippen LogP contribution in [0, 0.1) is 5.41 Å². The van der Waals surface area contributed by atoms with E-state index in [4.69, 9.17) is 0 Å². The first-order valence-electron chi connectivity index (χ1n) is 5.80. The molecule has 2 heterocycles. The second-order valence-electron chi connectivity index (χ2n) is 5.06. The topological polar surface area (TPSA) is 71.2 Å². The fraction of sp³-hybridized carbons (Fsp3) is 0.727. The Morgan fingerprint density at radius 2 is 2.41 bits per heavy atom. The third kappa shape index (κ3) is 2.63. The van der Waals surface area contributed by atoms with E-state index in [-0.39, 0.29) is 0 Å². The van der Waals surface area contributed by atoms with Crippen LogP contribution in [0.5, 0.6) is 0 Å². The molecule has 17 heavy (non-hydrogen) atoms. The molecule has 2 rings (SSSR count). The first kappa shape index (κ1) is 12.0. The van der Waals surface area contributed by atoms with Crippen LogP contribution >= 0.6 is 0 Å². The molecular formula is C11H18N4O2. The molecule has 1 atom stereocenters. The minimum absolute atomic E-state index is 0.582.